The van der Waals surface area contributed by atoms with Crippen molar-refractivity contribution >= 4 is 28.9 Å². The van der Waals surface area contributed by atoms with Crippen molar-refractivity contribution in [2.45, 2.75) is 6.92 Å². The van der Waals surface area contributed by atoms with E-state index in [1.165, 1.54) is 24.4 Å². The standard InChI is InChI=1S/C14H13ClFN3O/c1-2-18-13-8-17-6-5-10(13)14(20)19-12-7-9(15)3-4-11(12)16/h3-8,18H,2H2,1H3,(H,19,20). The van der Waals surface area contributed by atoms with E-state index in [9.17, 15) is 9.18 Å². The van der Waals surface area contributed by atoms with Gasteiger partial charge in [0, 0.05) is 17.8 Å². The maximum absolute atomic E-state index is 13.6. The smallest absolute Gasteiger partial charge is 0.257 e. The number of carbonyl (C=O) groups is 1. The van der Waals surface area contributed by atoms with Crippen molar-refractivity contribution in [3.8, 4) is 0 Å². The van der Waals surface area contributed by atoms with Gasteiger partial charge in [0.1, 0.15) is 5.82 Å². The number of halogens is 2. The van der Waals surface area contributed by atoms with Gasteiger partial charge in [0.05, 0.1) is 23.1 Å². The molecule has 0 aliphatic rings. The molecule has 0 bridgehead atoms. The van der Waals surface area contributed by atoms with E-state index in [0.29, 0.717) is 22.8 Å². The van der Waals surface area contributed by atoms with Crippen molar-refractivity contribution in [2.75, 3.05) is 17.2 Å². The lowest BCUT2D eigenvalue weighted by Crippen LogP contribution is -2.15. The van der Waals surface area contributed by atoms with Gasteiger partial charge in [0.15, 0.2) is 0 Å². The monoisotopic (exact) mass is 293 g/mol. The molecular formula is C14H13ClFN3O. The molecule has 20 heavy (non-hydrogen) atoms. The summed E-state index contributed by atoms with van der Waals surface area (Å²) in [6.07, 6.45) is 3.05. The van der Waals surface area contributed by atoms with Gasteiger partial charge < -0.3 is 10.6 Å². The first-order valence-corrected chi connectivity index (χ1v) is 6.44. The second-order valence-electron chi connectivity index (χ2n) is 4.03. The first-order chi connectivity index (χ1) is 9.61. The normalized spacial score (nSPS) is 10.2. The molecule has 2 N–H and O–H groups in total. The Labute approximate surface area is 121 Å². The van der Waals surface area contributed by atoms with E-state index in [0.717, 1.165) is 0 Å². The second kappa shape index (κ2) is 6.34. The second-order valence-corrected chi connectivity index (χ2v) is 4.47. The maximum atomic E-state index is 13.6. The van der Waals surface area contributed by atoms with E-state index in [-0.39, 0.29) is 5.69 Å². The van der Waals surface area contributed by atoms with Crippen molar-refractivity contribution in [3.05, 3.63) is 53.1 Å². The third-order valence-electron chi connectivity index (χ3n) is 2.61. The van der Waals surface area contributed by atoms with Crippen LogP contribution in [0.1, 0.15) is 17.3 Å². The summed E-state index contributed by atoms with van der Waals surface area (Å²) >= 11 is 5.79. The van der Waals surface area contributed by atoms with Crippen LogP contribution in [-0.4, -0.2) is 17.4 Å². The van der Waals surface area contributed by atoms with E-state index in [4.69, 9.17) is 11.6 Å². The van der Waals surface area contributed by atoms with Crippen LogP contribution in [0.5, 0.6) is 0 Å². The van der Waals surface area contributed by atoms with E-state index < -0.39 is 11.7 Å². The molecule has 0 unspecified atom stereocenters. The highest BCUT2D eigenvalue weighted by Crippen LogP contribution is 2.21. The first-order valence-electron chi connectivity index (χ1n) is 6.06. The van der Waals surface area contributed by atoms with Crippen LogP contribution in [-0.2, 0) is 0 Å². The molecule has 4 nitrogen and oxygen atoms in total. The first kappa shape index (κ1) is 14.3. The Hall–Kier alpha value is -2.14. The highest BCUT2D eigenvalue weighted by molar-refractivity contribution is 6.31. The summed E-state index contributed by atoms with van der Waals surface area (Å²) in [5, 5.41) is 5.88. The van der Waals surface area contributed by atoms with Gasteiger partial charge in [-0.1, -0.05) is 11.6 Å². The number of pyridine rings is 1. The zero-order valence-electron chi connectivity index (χ0n) is 10.8. The third kappa shape index (κ3) is 3.24. The highest BCUT2D eigenvalue weighted by atomic mass is 35.5. The lowest BCUT2D eigenvalue weighted by molar-refractivity contribution is 0.102. The number of hydrogen-bond acceptors (Lipinski definition) is 3. The number of nitrogens with zero attached hydrogens (tertiary/aromatic N) is 1. The molecule has 0 saturated heterocycles. The molecule has 0 fully saturated rings. The van der Waals surface area contributed by atoms with Gasteiger partial charge in [0.2, 0.25) is 0 Å². The molecular weight excluding hydrogens is 281 g/mol. The van der Waals surface area contributed by atoms with E-state index >= 15 is 0 Å². The average Bonchev–Trinajstić information content (AvgIpc) is 2.44. The lowest BCUT2D eigenvalue weighted by Gasteiger charge is -2.11. The summed E-state index contributed by atoms with van der Waals surface area (Å²) < 4.78 is 13.6. The zero-order valence-corrected chi connectivity index (χ0v) is 11.5. The van der Waals surface area contributed by atoms with Gasteiger partial charge >= 0.3 is 0 Å². The Kier molecular flexibility index (Phi) is 4.53. The Morgan fingerprint density at radius 1 is 1.35 bits per heavy atom. The third-order valence-corrected chi connectivity index (χ3v) is 2.84. The molecule has 2 aromatic rings. The van der Waals surface area contributed by atoms with Crippen LogP contribution in [0.2, 0.25) is 5.02 Å². The van der Waals surface area contributed by atoms with E-state index in [1.807, 2.05) is 6.92 Å². The number of carbonyl (C=O) groups excluding carboxylic acids is 1. The minimum Gasteiger partial charge on any atom is -0.383 e. The maximum Gasteiger partial charge on any atom is 0.257 e. The molecule has 0 spiro atoms. The summed E-state index contributed by atoms with van der Waals surface area (Å²) in [4.78, 5) is 16.1. The van der Waals surface area contributed by atoms with Crippen LogP contribution in [0.15, 0.2) is 36.7 Å². The minimum atomic E-state index is -0.540. The largest absolute Gasteiger partial charge is 0.383 e. The molecule has 1 aromatic heterocycles. The molecule has 0 radical (unpaired) electrons. The Morgan fingerprint density at radius 2 is 2.15 bits per heavy atom. The molecule has 104 valence electrons. The highest BCUT2D eigenvalue weighted by Gasteiger charge is 2.13. The fourth-order valence-corrected chi connectivity index (χ4v) is 1.88. The van der Waals surface area contributed by atoms with Crippen molar-refractivity contribution in [1.29, 1.82) is 0 Å². The Bertz CT molecular complexity index is 634. The van der Waals surface area contributed by atoms with Crippen LogP contribution in [0.25, 0.3) is 0 Å². The molecule has 1 amide bonds. The van der Waals surface area contributed by atoms with Crippen molar-refractivity contribution in [2.24, 2.45) is 0 Å². The predicted molar refractivity (Wildman–Crippen MR) is 77.8 cm³/mol. The number of nitrogens with one attached hydrogen (secondary N) is 2. The van der Waals surface area contributed by atoms with Crippen LogP contribution in [0, 0.1) is 5.82 Å². The van der Waals surface area contributed by atoms with E-state index in [2.05, 4.69) is 15.6 Å². The van der Waals surface area contributed by atoms with Gasteiger partial charge in [-0.25, -0.2) is 4.39 Å². The van der Waals surface area contributed by atoms with Gasteiger partial charge in [-0.3, -0.25) is 9.78 Å². The molecule has 2 rings (SSSR count). The molecule has 0 aliphatic carbocycles. The number of aromatic nitrogens is 1. The van der Waals surface area contributed by atoms with Crippen LogP contribution in [0.4, 0.5) is 15.8 Å². The Morgan fingerprint density at radius 3 is 2.90 bits per heavy atom. The van der Waals surface area contributed by atoms with Crippen LogP contribution in [0.3, 0.4) is 0 Å². The summed E-state index contributed by atoms with van der Waals surface area (Å²) in [6, 6.07) is 5.55. The minimum absolute atomic E-state index is 0.0433. The Balaban J connectivity index is 2.26. The molecule has 1 heterocycles. The van der Waals surface area contributed by atoms with Crippen molar-refractivity contribution in [1.82, 2.24) is 4.98 Å². The lowest BCUT2D eigenvalue weighted by atomic mass is 10.2. The molecule has 1 aromatic carbocycles. The summed E-state index contributed by atoms with van der Waals surface area (Å²) in [5.74, 6) is -0.966. The zero-order chi connectivity index (χ0) is 14.5. The molecule has 0 aliphatic heterocycles. The molecule has 0 atom stereocenters. The molecule has 0 saturated carbocycles. The van der Waals surface area contributed by atoms with Crippen molar-refractivity contribution in [3.63, 3.8) is 0 Å². The van der Waals surface area contributed by atoms with Gasteiger partial charge in [-0.2, -0.15) is 0 Å². The number of rotatable bonds is 4. The van der Waals surface area contributed by atoms with Crippen LogP contribution >= 0.6 is 11.6 Å². The predicted octanol–water partition coefficient (Wildman–Crippen LogP) is 3.56. The SMILES string of the molecule is CCNc1cnccc1C(=O)Nc1cc(Cl)ccc1F. The molecule has 6 heteroatoms. The average molecular weight is 294 g/mol. The van der Waals surface area contributed by atoms with Crippen LogP contribution < -0.4 is 10.6 Å². The summed E-state index contributed by atoms with van der Waals surface area (Å²) in [5.41, 5.74) is 1.03. The topological polar surface area (TPSA) is 54.0 Å². The van der Waals surface area contributed by atoms with Crippen molar-refractivity contribution < 1.29 is 9.18 Å². The quantitative estimate of drug-likeness (QED) is 0.906. The number of amides is 1. The number of hydrogen-bond donors (Lipinski definition) is 2. The van der Waals surface area contributed by atoms with Gasteiger partial charge in [0.25, 0.3) is 5.91 Å². The fraction of sp³-hybridized carbons (Fsp3) is 0.143. The summed E-state index contributed by atoms with van der Waals surface area (Å²) in [7, 11) is 0. The van der Waals surface area contributed by atoms with Gasteiger partial charge in [-0.05, 0) is 31.2 Å². The number of benzene rings is 1. The number of anilines is 2. The fourth-order valence-electron chi connectivity index (χ4n) is 1.71. The van der Waals surface area contributed by atoms with E-state index in [1.54, 1.807) is 12.3 Å². The van der Waals surface area contributed by atoms with Gasteiger partial charge in [-0.15, -0.1) is 0 Å². The summed E-state index contributed by atoms with van der Waals surface area (Å²) in [6.45, 7) is 2.56.